The third kappa shape index (κ3) is 6.37. The van der Waals surface area contributed by atoms with Gasteiger partial charge in [-0.05, 0) is 89.5 Å². The molecule has 9 nitrogen and oxygen atoms in total. The van der Waals surface area contributed by atoms with Crippen molar-refractivity contribution in [1.82, 2.24) is 19.8 Å². The quantitative estimate of drug-likeness (QED) is 0.302. The molecule has 0 radical (unpaired) electrons. The Balaban J connectivity index is 1.58. The van der Waals surface area contributed by atoms with E-state index in [2.05, 4.69) is 30.4 Å². The highest BCUT2D eigenvalue weighted by Gasteiger charge is 2.45. The Morgan fingerprint density at radius 1 is 1.05 bits per heavy atom. The summed E-state index contributed by atoms with van der Waals surface area (Å²) in [5.41, 5.74) is 8.68. The Kier molecular flexibility index (Phi) is 8.61. The van der Waals surface area contributed by atoms with Gasteiger partial charge in [-0.25, -0.2) is 9.97 Å². The van der Waals surface area contributed by atoms with Crippen molar-refractivity contribution in [3.8, 4) is 0 Å². The van der Waals surface area contributed by atoms with Crippen LogP contribution in [0.25, 0.3) is 0 Å². The number of piperidine rings is 2. The highest BCUT2D eigenvalue weighted by molar-refractivity contribution is 7.80. The van der Waals surface area contributed by atoms with E-state index in [4.69, 9.17) is 34.5 Å². The van der Waals surface area contributed by atoms with Crippen LogP contribution in [0.1, 0.15) is 49.1 Å². The lowest BCUT2D eigenvalue weighted by atomic mass is 9.83. The molecule has 2 aliphatic heterocycles. The molecule has 0 bridgehead atoms. The fourth-order valence-corrected chi connectivity index (χ4v) is 5.54. The van der Waals surface area contributed by atoms with Crippen molar-refractivity contribution in [3.05, 3.63) is 46.2 Å². The first kappa shape index (κ1) is 27.2. The number of likely N-dealkylation sites (tertiary alicyclic amines) is 2. The van der Waals surface area contributed by atoms with Gasteiger partial charge in [0.1, 0.15) is 5.54 Å². The van der Waals surface area contributed by atoms with Gasteiger partial charge < -0.3 is 16.0 Å². The number of aromatic nitrogens is 2. The molecule has 0 spiro atoms. The Hall–Kier alpha value is -2.82. The van der Waals surface area contributed by atoms with Gasteiger partial charge in [-0.2, -0.15) is 4.99 Å². The molecule has 2 fully saturated rings. The summed E-state index contributed by atoms with van der Waals surface area (Å²) in [6.07, 6.45) is 4.61. The molecule has 4 N–H and O–H groups in total. The van der Waals surface area contributed by atoms with E-state index in [1.165, 1.54) is 6.42 Å². The molecular weight excluding hydrogens is 508 g/mol. The van der Waals surface area contributed by atoms with Gasteiger partial charge in [0, 0.05) is 24.5 Å². The maximum Gasteiger partial charge on any atom is 0.238 e. The number of amides is 1. The lowest BCUT2D eigenvalue weighted by Gasteiger charge is -2.48. The highest BCUT2D eigenvalue weighted by Crippen LogP contribution is 2.32. The lowest BCUT2D eigenvalue weighted by molar-refractivity contribution is -0.134. The molecule has 1 aromatic heterocycles. The number of anilines is 2. The molecule has 0 atom stereocenters. The van der Waals surface area contributed by atoms with E-state index in [0.29, 0.717) is 48.5 Å². The predicted octanol–water partition coefficient (Wildman–Crippen LogP) is 4.03. The number of nitrogens with zero attached hydrogens (tertiary/aromatic N) is 5. The average Bonchev–Trinajstić information content (AvgIpc) is 2.86. The summed E-state index contributed by atoms with van der Waals surface area (Å²) in [5, 5.41) is 7.26. The molecule has 0 aliphatic carbocycles. The molecule has 4 rings (SSSR count). The van der Waals surface area contributed by atoms with Crippen LogP contribution < -0.4 is 16.4 Å². The zero-order valence-electron chi connectivity index (χ0n) is 21.7. The summed E-state index contributed by atoms with van der Waals surface area (Å²) in [7, 11) is 0. The van der Waals surface area contributed by atoms with Gasteiger partial charge in [0.05, 0.1) is 10.7 Å². The molecule has 0 saturated carbocycles. The number of aryl methyl sites for hydroxylation is 3. The topological polar surface area (TPSA) is 112 Å². The Morgan fingerprint density at radius 3 is 2.32 bits per heavy atom. The maximum absolute atomic E-state index is 12.7. The van der Waals surface area contributed by atoms with Crippen molar-refractivity contribution < 1.29 is 4.79 Å². The number of halogens is 1. The van der Waals surface area contributed by atoms with Gasteiger partial charge in [0.2, 0.25) is 22.9 Å². The van der Waals surface area contributed by atoms with Gasteiger partial charge in [0.25, 0.3) is 0 Å². The van der Waals surface area contributed by atoms with Crippen LogP contribution in [0.3, 0.4) is 0 Å². The van der Waals surface area contributed by atoms with Crippen LogP contribution in [-0.4, -0.2) is 68.5 Å². The number of hydrogen-bond donors (Lipinski definition) is 3. The monoisotopic (exact) mass is 542 g/mol. The van der Waals surface area contributed by atoms with Crippen molar-refractivity contribution in [2.24, 2.45) is 10.7 Å². The van der Waals surface area contributed by atoms with Gasteiger partial charge in [-0.1, -0.05) is 30.2 Å². The Morgan fingerprint density at radius 2 is 1.70 bits per heavy atom. The van der Waals surface area contributed by atoms with E-state index < -0.39 is 5.54 Å². The summed E-state index contributed by atoms with van der Waals surface area (Å²) in [6, 6.07) is 7.62. The van der Waals surface area contributed by atoms with Crippen LogP contribution in [-0.2, 0) is 4.79 Å². The number of carbonyl (C=O) groups is 1. The van der Waals surface area contributed by atoms with Crippen LogP contribution in [0.5, 0.6) is 0 Å². The van der Waals surface area contributed by atoms with E-state index >= 15 is 0 Å². The van der Waals surface area contributed by atoms with Crippen molar-refractivity contribution in [2.45, 2.75) is 58.4 Å². The van der Waals surface area contributed by atoms with E-state index in [-0.39, 0.29) is 11.0 Å². The molecule has 2 saturated heterocycles. The normalized spacial score (nSPS) is 18.4. The third-order valence-corrected chi connectivity index (χ3v) is 7.85. The SMILES string of the molecule is Cc1cc(C)nc(N/C(=N/C(=S)Nc2cccc(C)c2Cl)N2CCC(C(N)=O)(N3CCCCC3)CC2)n1. The van der Waals surface area contributed by atoms with E-state index in [0.717, 1.165) is 42.9 Å². The van der Waals surface area contributed by atoms with Gasteiger partial charge in [-0.15, -0.1) is 0 Å². The number of hydrogen-bond acceptors (Lipinski definition) is 5. The zero-order valence-corrected chi connectivity index (χ0v) is 23.3. The second kappa shape index (κ2) is 11.7. The van der Waals surface area contributed by atoms with E-state index in [1.807, 2.05) is 45.0 Å². The molecule has 3 heterocycles. The second-order valence-electron chi connectivity index (χ2n) is 9.83. The predicted molar refractivity (Wildman–Crippen MR) is 153 cm³/mol. The Labute approximate surface area is 228 Å². The molecule has 2 aliphatic rings. The van der Waals surface area contributed by atoms with E-state index in [9.17, 15) is 4.79 Å². The minimum Gasteiger partial charge on any atom is -0.368 e. The lowest BCUT2D eigenvalue weighted by Crippen LogP contribution is -2.64. The summed E-state index contributed by atoms with van der Waals surface area (Å²) in [6.45, 7) is 8.76. The first-order valence-electron chi connectivity index (χ1n) is 12.7. The second-order valence-corrected chi connectivity index (χ2v) is 10.6. The Bertz CT molecular complexity index is 1170. The third-order valence-electron chi connectivity index (χ3n) is 7.16. The summed E-state index contributed by atoms with van der Waals surface area (Å²) in [5.74, 6) is 0.711. The van der Waals surface area contributed by atoms with Crippen LogP contribution in [0.2, 0.25) is 5.02 Å². The zero-order chi connectivity index (χ0) is 26.6. The number of benzene rings is 1. The molecule has 11 heteroatoms. The summed E-state index contributed by atoms with van der Waals surface area (Å²) in [4.78, 5) is 30.8. The van der Waals surface area contributed by atoms with Crippen LogP contribution in [0.15, 0.2) is 29.3 Å². The van der Waals surface area contributed by atoms with Crippen molar-refractivity contribution in [2.75, 3.05) is 36.8 Å². The van der Waals surface area contributed by atoms with Crippen LogP contribution in [0, 0.1) is 20.8 Å². The molecule has 1 amide bonds. The van der Waals surface area contributed by atoms with Crippen LogP contribution >= 0.6 is 23.8 Å². The fraction of sp³-hybridized carbons (Fsp3) is 0.500. The molecule has 198 valence electrons. The first-order valence-corrected chi connectivity index (χ1v) is 13.5. The molecule has 0 unspecified atom stereocenters. The molecule has 2 aromatic rings. The van der Waals surface area contributed by atoms with Crippen LogP contribution in [0.4, 0.5) is 11.6 Å². The van der Waals surface area contributed by atoms with Crippen molar-refractivity contribution >= 4 is 52.4 Å². The number of thiocarbonyl (C=S) groups is 1. The molecular formula is C26H35ClN8OS. The number of rotatable bonds is 4. The number of guanidine groups is 1. The minimum absolute atomic E-state index is 0.246. The summed E-state index contributed by atoms with van der Waals surface area (Å²) < 4.78 is 0. The minimum atomic E-state index is -0.633. The maximum atomic E-state index is 12.7. The fourth-order valence-electron chi connectivity index (χ4n) is 5.17. The van der Waals surface area contributed by atoms with Crippen molar-refractivity contribution in [3.63, 3.8) is 0 Å². The summed E-state index contributed by atoms with van der Waals surface area (Å²) >= 11 is 12.1. The highest BCUT2D eigenvalue weighted by atomic mass is 35.5. The number of aliphatic imine (C=N–C) groups is 1. The average molecular weight is 543 g/mol. The largest absolute Gasteiger partial charge is 0.368 e. The van der Waals surface area contributed by atoms with Crippen molar-refractivity contribution in [1.29, 1.82) is 0 Å². The number of nitrogens with two attached hydrogens (primary N) is 1. The smallest absolute Gasteiger partial charge is 0.238 e. The molecule has 1 aromatic carbocycles. The van der Waals surface area contributed by atoms with Gasteiger partial charge in [0.15, 0.2) is 0 Å². The van der Waals surface area contributed by atoms with Gasteiger partial charge >= 0.3 is 0 Å². The first-order chi connectivity index (χ1) is 17.7. The number of nitrogens with one attached hydrogen (secondary N) is 2. The van der Waals surface area contributed by atoms with Gasteiger partial charge in [-0.3, -0.25) is 15.0 Å². The number of carbonyl (C=O) groups excluding carboxylic acids is 1. The number of primary amides is 1. The van der Waals surface area contributed by atoms with E-state index in [1.54, 1.807) is 0 Å². The standard InChI is InChI=1S/C26H35ClN8OS/c1-17-8-7-9-20(21(17)27)31-25(37)33-24(32-23-29-18(2)16-19(3)30-23)34-14-10-26(11-15-34,22(28)36)35-12-5-4-6-13-35/h7-9,16H,4-6,10-15H2,1-3H3,(H2,28,36)(H2,29,30,31,32,33,37). The molecule has 37 heavy (non-hydrogen) atoms.